The van der Waals surface area contributed by atoms with Crippen LogP contribution in [0.15, 0.2) is 18.2 Å². The van der Waals surface area contributed by atoms with Crippen LogP contribution in [0, 0.1) is 5.82 Å². The molecule has 0 aromatic heterocycles. The highest BCUT2D eigenvalue weighted by Crippen LogP contribution is 2.33. The molecule has 0 saturated carbocycles. The highest BCUT2D eigenvalue weighted by atomic mass is 19.1. The van der Waals surface area contributed by atoms with Crippen LogP contribution in [-0.4, -0.2) is 29.1 Å². The van der Waals surface area contributed by atoms with Crippen LogP contribution in [0.25, 0.3) is 0 Å². The van der Waals surface area contributed by atoms with Crippen molar-refractivity contribution in [1.29, 1.82) is 0 Å². The minimum atomic E-state index is -0.407. The number of nitrogens with two attached hydrogens (primary N) is 1. The summed E-state index contributed by atoms with van der Waals surface area (Å²) in [5.74, 6) is -0.379. The largest absolute Gasteiger partial charge is 0.508 e. The van der Waals surface area contributed by atoms with Crippen LogP contribution in [-0.2, 0) is 0 Å². The van der Waals surface area contributed by atoms with Crippen LogP contribution in [0.2, 0.25) is 0 Å². The predicted molar refractivity (Wildman–Crippen MR) is 65.3 cm³/mol. The summed E-state index contributed by atoms with van der Waals surface area (Å²) in [4.78, 5) is 2.28. The van der Waals surface area contributed by atoms with Crippen molar-refractivity contribution >= 4 is 0 Å². The van der Waals surface area contributed by atoms with Gasteiger partial charge in [-0.25, -0.2) is 4.39 Å². The number of phenols is 1. The lowest BCUT2D eigenvalue weighted by molar-refractivity contribution is 0.194. The molecule has 3 N–H and O–H groups in total. The number of rotatable bonds is 3. The first-order valence-corrected chi connectivity index (χ1v) is 6.07. The van der Waals surface area contributed by atoms with Gasteiger partial charge in [0, 0.05) is 30.3 Å². The summed E-state index contributed by atoms with van der Waals surface area (Å²) in [5, 5.41) is 9.78. The monoisotopic (exact) mass is 238 g/mol. The Morgan fingerprint density at radius 1 is 1.59 bits per heavy atom. The molecule has 0 spiro atoms. The highest BCUT2D eigenvalue weighted by molar-refractivity contribution is 5.35. The van der Waals surface area contributed by atoms with Crippen molar-refractivity contribution < 1.29 is 9.50 Å². The molecule has 3 nitrogen and oxygen atoms in total. The maximum Gasteiger partial charge on any atom is 0.126 e. The Kier molecular flexibility index (Phi) is 3.64. The van der Waals surface area contributed by atoms with Crippen molar-refractivity contribution in [2.45, 2.75) is 31.8 Å². The van der Waals surface area contributed by atoms with Gasteiger partial charge in [0.15, 0.2) is 0 Å². The molecule has 1 fully saturated rings. The van der Waals surface area contributed by atoms with E-state index in [9.17, 15) is 9.50 Å². The zero-order valence-electron chi connectivity index (χ0n) is 10.1. The first-order valence-electron chi connectivity index (χ1n) is 6.07. The SMILES string of the molecule is CC(c1ccc(F)cc1O)N1CCCC1CN. The van der Waals surface area contributed by atoms with E-state index in [2.05, 4.69) is 4.90 Å². The van der Waals surface area contributed by atoms with E-state index >= 15 is 0 Å². The number of aromatic hydroxyl groups is 1. The molecule has 0 aliphatic carbocycles. The number of nitrogens with zero attached hydrogens (tertiary/aromatic N) is 1. The summed E-state index contributed by atoms with van der Waals surface area (Å²) in [7, 11) is 0. The predicted octanol–water partition coefficient (Wildman–Crippen LogP) is 2.02. The quantitative estimate of drug-likeness (QED) is 0.847. The second-order valence-corrected chi connectivity index (χ2v) is 4.65. The van der Waals surface area contributed by atoms with Crippen molar-refractivity contribution in [3.05, 3.63) is 29.6 Å². The molecule has 0 bridgehead atoms. The normalized spacial score (nSPS) is 22.9. The van der Waals surface area contributed by atoms with Gasteiger partial charge in [-0.15, -0.1) is 0 Å². The van der Waals surface area contributed by atoms with E-state index in [4.69, 9.17) is 5.73 Å². The molecule has 4 heteroatoms. The fourth-order valence-corrected chi connectivity index (χ4v) is 2.67. The van der Waals surface area contributed by atoms with Gasteiger partial charge in [0.25, 0.3) is 0 Å². The number of likely N-dealkylation sites (tertiary alicyclic amines) is 1. The Hall–Kier alpha value is -1.13. The standard InChI is InChI=1S/C13H19FN2O/c1-9(16-6-2-3-11(16)8-15)12-5-4-10(14)7-13(12)17/h4-5,7,9,11,17H,2-3,6,8,15H2,1H3. The fraction of sp³-hybridized carbons (Fsp3) is 0.538. The lowest BCUT2D eigenvalue weighted by atomic mass is 10.0. The van der Waals surface area contributed by atoms with Crippen LogP contribution in [0.5, 0.6) is 5.75 Å². The van der Waals surface area contributed by atoms with E-state index in [0.29, 0.717) is 12.6 Å². The average molecular weight is 238 g/mol. The third kappa shape index (κ3) is 2.42. The summed E-state index contributed by atoms with van der Waals surface area (Å²) in [5.41, 5.74) is 6.51. The van der Waals surface area contributed by atoms with Crippen LogP contribution < -0.4 is 5.73 Å². The van der Waals surface area contributed by atoms with Gasteiger partial charge in [0.05, 0.1) is 0 Å². The molecular formula is C13H19FN2O. The van der Waals surface area contributed by atoms with E-state index in [0.717, 1.165) is 24.9 Å². The zero-order valence-corrected chi connectivity index (χ0v) is 10.1. The molecule has 1 saturated heterocycles. The smallest absolute Gasteiger partial charge is 0.126 e. The van der Waals surface area contributed by atoms with Crippen molar-refractivity contribution in [2.24, 2.45) is 5.73 Å². The molecule has 0 amide bonds. The Bertz CT molecular complexity index is 397. The summed E-state index contributed by atoms with van der Waals surface area (Å²) in [6.45, 7) is 3.65. The topological polar surface area (TPSA) is 49.5 Å². The Morgan fingerprint density at radius 2 is 2.35 bits per heavy atom. The highest BCUT2D eigenvalue weighted by Gasteiger charge is 2.29. The summed E-state index contributed by atoms with van der Waals surface area (Å²) >= 11 is 0. The summed E-state index contributed by atoms with van der Waals surface area (Å²) in [6, 6.07) is 4.65. The van der Waals surface area contributed by atoms with Gasteiger partial charge < -0.3 is 10.8 Å². The van der Waals surface area contributed by atoms with Gasteiger partial charge in [0.2, 0.25) is 0 Å². The van der Waals surface area contributed by atoms with E-state index in [-0.39, 0.29) is 11.8 Å². The third-order valence-corrected chi connectivity index (χ3v) is 3.63. The fourth-order valence-electron chi connectivity index (χ4n) is 2.67. The average Bonchev–Trinajstić information content (AvgIpc) is 2.76. The minimum absolute atomic E-state index is 0.0279. The molecule has 1 aliphatic rings. The van der Waals surface area contributed by atoms with Gasteiger partial charge in [-0.3, -0.25) is 4.90 Å². The van der Waals surface area contributed by atoms with Gasteiger partial charge in [-0.1, -0.05) is 6.07 Å². The minimum Gasteiger partial charge on any atom is -0.508 e. The molecule has 0 radical (unpaired) electrons. The zero-order chi connectivity index (χ0) is 12.4. The number of phenolic OH excluding ortho intramolecular Hbond substituents is 1. The van der Waals surface area contributed by atoms with Crippen molar-refractivity contribution in [3.8, 4) is 5.75 Å². The third-order valence-electron chi connectivity index (χ3n) is 3.63. The molecule has 2 unspecified atom stereocenters. The van der Waals surface area contributed by atoms with Gasteiger partial charge in [0.1, 0.15) is 11.6 Å². The van der Waals surface area contributed by atoms with Crippen molar-refractivity contribution in [3.63, 3.8) is 0 Å². The van der Waals surface area contributed by atoms with Crippen molar-refractivity contribution in [2.75, 3.05) is 13.1 Å². The first-order chi connectivity index (χ1) is 8.13. The molecule has 1 heterocycles. The molecule has 1 aliphatic heterocycles. The van der Waals surface area contributed by atoms with Crippen LogP contribution in [0.1, 0.15) is 31.4 Å². The van der Waals surface area contributed by atoms with E-state index in [1.54, 1.807) is 6.07 Å². The lowest BCUT2D eigenvalue weighted by Crippen LogP contribution is -2.37. The van der Waals surface area contributed by atoms with Crippen LogP contribution in [0.4, 0.5) is 4.39 Å². The number of hydrogen-bond donors (Lipinski definition) is 2. The van der Waals surface area contributed by atoms with E-state index in [1.165, 1.54) is 12.1 Å². The molecule has 2 atom stereocenters. The molecule has 2 rings (SSSR count). The Labute approximate surface area is 101 Å². The molecule has 1 aromatic carbocycles. The lowest BCUT2D eigenvalue weighted by Gasteiger charge is -2.30. The number of benzene rings is 1. The van der Waals surface area contributed by atoms with Crippen LogP contribution >= 0.6 is 0 Å². The van der Waals surface area contributed by atoms with Gasteiger partial charge >= 0.3 is 0 Å². The van der Waals surface area contributed by atoms with E-state index < -0.39 is 5.82 Å². The molecule has 1 aromatic rings. The molecular weight excluding hydrogens is 219 g/mol. The Morgan fingerprint density at radius 3 is 3.00 bits per heavy atom. The second-order valence-electron chi connectivity index (χ2n) is 4.65. The second kappa shape index (κ2) is 5.02. The number of halogens is 1. The first kappa shape index (κ1) is 12.3. The summed E-state index contributed by atoms with van der Waals surface area (Å²) < 4.78 is 12.9. The maximum absolute atomic E-state index is 12.9. The molecule has 17 heavy (non-hydrogen) atoms. The molecule has 94 valence electrons. The maximum atomic E-state index is 12.9. The van der Waals surface area contributed by atoms with Crippen LogP contribution in [0.3, 0.4) is 0 Å². The van der Waals surface area contributed by atoms with Crippen molar-refractivity contribution in [1.82, 2.24) is 4.90 Å². The summed E-state index contributed by atoms with van der Waals surface area (Å²) in [6.07, 6.45) is 2.23. The Balaban J connectivity index is 2.21. The van der Waals surface area contributed by atoms with E-state index in [1.807, 2.05) is 6.92 Å². The number of hydrogen-bond acceptors (Lipinski definition) is 3. The van der Waals surface area contributed by atoms with Gasteiger partial charge in [-0.2, -0.15) is 0 Å². The van der Waals surface area contributed by atoms with Gasteiger partial charge in [-0.05, 0) is 32.4 Å².